The Balaban J connectivity index is 2.13. The molecule has 5 heteroatoms. The lowest BCUT2D eigenvalue weighted by Gasteiger charge is -2.16. The zero-order valence-electron chi connectivity index (χ0n) is 10.6. The van der Waals surface area contributed by atoms with Crippen LogP contribution >= 0.6 is 11.3 Å². The summed E-state index contributed by atoms with van der Waals surface area (Å²) < 4.78 is 2.12. The van der Waals surface area contributed by atoms with Crippen LogP contribution < -0.4 is 5.32 Å². The van der Waals surface area contributed by atoms with Gasteiger partial charge in [-0.15, -0.1) is 11.3 Å². The fourth-order valence-electron chi connectivity index (χ4n) is 1.67. The molecule has 2 aromatic heterocycles. The maximum absolute atomic E-state index is 4.48. The third kappa shape index (κ3) is 2.66. The summed E-state index contributed by atoms with van der Waals surface area (Å²) in [7, 11) is 0. The maximum atomic E-state index is 4.48. The fraction of sp³-hybridized carbons (Fsp3) is 0.500. The smallest absolute Gasteiger partial charge is 0.203 e. The van der Waals surface area contributed by atoms with Gasteiger partial charge in [-0.1, -0.05) is 0 Å². The first kappa shape index (κ1) is 12.1. The minimum absolute atomic E-state index is 0.189. The zero-order valence-corrected chi connectivity index (χ0v) is 11.5. The van der Waals surface area contributed by atoms with Crippen LogP contribution in [0.2, 0.25) is 0 Å². The van der Waals surface area contributed by atoms with Crippen molar-refractivity contribution in [2.45, 2.75) is 39.8 Å². The first-order chi connectivity index (χ1) is 8.08. The molecule has 0 fully saturated rings. The lowest BCUT2D eigenvalue weighted by Crippen LogP contribution is -2.12. The van der Waals surface area contributed by atoms with Crippen LogP contribution in [-0.2, 0) is 0 Å². The Bertz CT molecular complexity index is 486. The van der Waals surface area contributed by atoms with Crippen molar-refractivity contribution >= 4 is 17.3 Å². The Kier molecular flexibility index (Phi) is 3.47. The van der Waals surface area contributed by atoms with E-state index in [2.05, 4.69) is 46.0 Å². The van der Waals surface area contributed by atoms with E-state index in [0.717, 1.165) is 16.6 Å². The van der Waals surface area contributed by atoms with E-state index >= 15 is 0 Å². The number of hydrogen-bond donors (Lipinski definition) is 1. The van der Waals surface area contributed by atoms with Crippen molar-refractivity contribution < 1.29 is 0 Å². The summed E-state index contributed by atoms with van der Waals surface area (Å²) in [4.78, 5) is 8.82. The van der Waals surface area contributed by atoms with Crippen LogP contribution in [0.4, 0.5) is 5.95 Å². The second kappa shape index (κ2) is 4.87. The van der Waals surface area contributed by atoms with Gasteiger partial charge in [0.1, 0.15) is 5.01 Å². The molecule has 17 heavy (non-hydrogen) atoms. The number of imidazole rings is 1. The molecule has 1 atom stereocenters. The Morgan fingerprint density at radius 1 is 1.35 bits per heavy atom. The standard InChI is InChI=1S/C12H18N4S/c1-8(2)16-6-5-13-12(16)15-10(4)11-14-9(3)7-17-11/h5-8,10H,1-4H3,(H,13,15). The van der Waals surface area contributed by atoms with Crippen LogP contribution in [0.15, 0.2) is 17.8 Å². The van der Waals surface area contributed by atoms with Gasteiger partial charge < -0.3 is 9.88 Å². The van der Waals surface area contributed by atoms with Gasteiger partial charge in [0.2, 0.25) is 5.95 Å². The molecule has 0 bridgehead atoms. The van der Waals surface area contributed by atoms with Gasteiger partial charge in [-0.25, -0.2) is 9.97 Å². The first-order valence-electron chi connectivity index (χ1n) is 5.79. The van der Waals surface area contributed by atoms with Crippen LogP contribution in [-0.4, -0.2) is 14.5 Å². The molecule has 92 valence electrons. The topological polar surface area (TPSA) is 42.7 Å². The molecule has 1 N–H and O–H groups in total. The molecule has 0 saturated heterocycles. The Morgan fingerprint density at radius 3 is 2.71 bits per heavy atom. The molecule has 0 saturated carbocycles. The Hall–Kier alpha value is -1.36. The van der Waals surface area contributed by atoms with E-state index in [1.165, 1.54) is 0 Å². The predicted octanol–water partition coefficient (Wildman–Crippen LogP) is 3.40. The van der Waals surface area contributed by atoms with Gasteiger partial charge in [-0.05, 0) is 27.7 Å². The highest BCUT2D eigenvalue weighted by molar-refractivity contribution is 7.09. The summed E-state index contributed by atoms with van der Waals surface area (Å²) in [6.07, 6.45) is 3.81. The molecule has 0 spiro atoms. The molecular weight excluding hydrogens is 232 g/mol. The quantitative estimate of drug-likeness (QED) is 0.904. The molecule has 2 aromatic rings. The van der Waals surface area contributed by atoms with Gasteiger partial charge in [0.25, 0.3) is 0 Å². The second-order valence-electron chi connectivity index (χ2n) is 4.45. The molecule has 0 amide bonds. The van der Waals surface area contributed by atoms with Crippen molar-refractivity contribution in [3.63, 3.8) is 0 Å². The Morgan fingerprint density at radius 2 is 2.12 bits per heavy atom. The first-order valence-corrected chi connectivity index (χ1v) is 6.67. The van der Waals surface area contributed by atoms with E-state index in [4.69, 9.17) is 0 Å². The Labute approximate surface area is 106 Å². The van der Waals surface area contributed by atoms with E-state index in [1.54, 1.807) is 11.3 Å². The average Bonchev–Trinajstić information content (AvgIpc) is 2.86. The SMILES string of the molecule is Cc1csc(C(C)Nc2nccn2C(C)C)n1. The van der Waals surface area contributed by atoms with Crippen LogP contribution in [0.5, 0.6) is 0 Å². The van der Waals surface area contributed by atoms with Crippen molar-refractivity contribution in [1.29, 1.82) is 0 Å². The number of anilines is 1. The van der Waals surface area contributed by atoms with Gasteiger partial charge in [0, 0.05) is 29.5 Å². The number of thiazole rings is 1. The van der Waals surface area contributed by atoms with Crippen molar-refractivity contribution in [3.8, 4) is 0 Å². The van der Waals surface area contributed by atoms with Gasteiger partial charge in [0.05, 0.1) is 6.04 Å². The summed E-state index contributed by atoms with van der Waals surface area (Å²) in [5, 5.41) is 6.57. The normalized spacial score (nSPS) is 13.0. The molecule has 0 radical (unpaired) electrons. The van der Waals surface area contributed by atoms with E-state index in [-0.39, 0.29) is 6.04 Å². The molecule has 0 aliphatic rings. The number of nitrogens with zero attached hydrogens (tertiary/aromatic N) is 3. The molecule has 0 aliphatic heterocycles. The zero-order chi connectivity index (χ0) is 12.4. The minimum Gasteiger partial charge on any atom is -0.347 e. The maximum Gasteiger partial charge on any atom is 0.203 e. The van der Waals surface area contributed by atoms with E-state index in [1.807, 2.05) is 19.3 Å². The number of aromatic nitrogens is 3. The second-order valence-corrected chi connectivity index (χ2v) is 5.33. The highest BCUT2D eigenvalue weighted by atomic mass is 32.1. The van der Waals surface area contributed by atoms with Crippen molar-refractivity contribution in [3.05, 3.63) is 28.5 Å². The van der Waals surface area contributed by atoms with E-state index < -0.39 is 0 Å². The predicted molar refractivity (Wildman–Crippen MR) is 71.5 cm³/mol. The highest BCUT2D eigenvalue weighted by Gasteiger charge is 2.13. The van der Waals surface area contributed by atoms with Crippen molar-refractivity contribution in [2.75, 3.05) is 5.32 Å². The molecule has 4 nitrogen and oxygen atoms in total. The fourth-order valence-corrected chi connectivity index (χ4v) is 2.47. The molecule has 1 unspecified atom stereocenters. The highest BCUT2D eigenvalue weighted by Crippen LogP contribution is 2.22. The van der Waals surface area contributed by atoms with Crippen LogP contribution in [0.3, 0.4) is 0 Å². The van der Waals surface area contributed by atoms with Crippen LogP contribution in [0.1, 0.15) is 43.6 Å². The summed E-state index contributed by atoms with van der Waals surface area (Å²) in [6, 6.07) is 0.596. The van der Waals surface area contributed by atoms with Crippen molar-refractivity contribution in [2.24, 2.45) is 0 Å². The van der Waals surface area contributed by atoms with Gasteiger partial charge in [-0.2, -0.15) is 0 Å². The molecule has 2 rings (SSSR count). The monoisotopic (exact) mass is 250 g/mol. The molecule has 2 heterocycles. The summed E-state index contributed by atoms with van der Waals surface area (Å²) in [5.41, 5.74) is 1.07. The molecular formula is C12H18N4S. The average molecular weight is 250 g/mol. The lowest BCUT2D eigenvalue weighted by molar-refractivity contribution is 0.600. The number of rotatable bonds is 4. The third-order valence-electron chi connectivity index (χ3n) is 2.58. The van der Waals surface area contributed by atoms with E-state index in [0.29, 0.717) is 6.04 Å². The van der Waals surface area contributed by atoms with Gasteiger partial charge in [-0.3, -0.25) is 0 Å². The van der Waals surface area contributed by atoms with Crippen LogP contribution in [0, 0.1) is 6.92 Å². The van der Waals surface area contributed by atoms with Gasteiger partial charge in [0.15, 0.2) is 0 Å². The molecule has 0 aromatic carbocycles. The molecule has 0 aliphatic carbocycles. The van der Waals surface area contributed by atoms with Crippen LogP contribution in [0.25, 0.3) is 0 Å². The van der Waals surface area contributed by atoms with Crippen molar-refractivity contribution in [1.82, 2.24) is 14.5 Å². The lowest BCUT2D eigenvalue weighted by atomic mass is 10.3. The van der Waals surface area contributed by atoms with Gasteiger partial charge >= 0.3 is 0 Å². The third-order valence-corrected chi connectivity index (χ3v) is 3.72. The number of aryl methyl sites for hydroxylation is 1. The summed E-state index contributed by atoms with van der Waals surface area (Å²) >= 11 is 1.68. The summed E-state index contributed by atoms with van der Waals surface area (Å²) in [6.45, 7) is 8.41. The summed E-state index contributed by atoms with van der Waals surface area (Å²) in [5.74, 6) is 0.903. The minimum atomic E-state index is 0.189. The number of nitrogens with one attached hydrogen (secondary N) is 1. The van der Waals surface area contributed by atoms with E-state index in [9.17, 15) is 0 Å². The largest absolute Gasteiger partial charge is 0.347 e. The number of hydrogen-bond acceptors (Lipinski definition) is 4.